The third-order valence-electron chi connectivity index (χ3n) is 4.98. The lowest BCUT2D eigenvalue weighted by molar-refractivity contribution is -0.118. The minimum Gasteiger partial charge on any atom is -0.355 e. The maximum absolute atomic E-state index is 12.8. The standard InChI is InChI=1S/C22H29N3O3S3/c1-18-6-8-19(9-7-18)29-15-12-23-21(26)17-30-22-11-10-20(16-24-22)31(27,28)25-13-4-2-3-5-14-25/h6-11,16H,2-5,12-15,17H2,1H3,(H,23,26). The molecular formula is C22H29N3O3S3. The smallest absolute Gasteiger partial charge is 0.244 e. The molecule has 0 atom stereocenters. The number of pyridine rings is 1. The maximum Gasteiger partial charge on any atom is 0.244 e. The first kappa shape index (κ1) is 24.1. The molecule has 2 heterocycles. The fourth-order valence-electron chi connectivity index (χ4n) is 3.22. The number of aryl methyl sites for hydroxylation is 1. The first-order valence-corrected chi connectivity index (χ1v) is 13.9. The molecular weight excluding hydrogens is 450 g/mol. The zero-order valence-corrected chi connectivity index (χ0v) is 20.2. The molecule has 0 spiro atoms. The van der Waals surface area contributed by atoms with Gasteiger partial charge in [-0.15, -0.1) is 11.8 Å². The third kappa shape index (κ3) is 7.52. The fourth-order valence-corrected chi connectivity index (χ4v) is 6.12. The van der Waals surface area contributed by atoms with Gasteiger partial charge in [0, 0.05) is 36.5 Å². The summed E-state index contributed by atoms with van der Waals surface area (Å²) in [5.41, 5.74) is 1.23. The van der Waals surface area contributed by atoms with Crippen LogP contribution in [-0.4, -0.2) is 54.8 Å². The summed E-state index contributed by atoms with van der Waals surface area (Å²) in [5.74, 6) is 0.999. The van der Waals surface area contributed by atoms with Crippen molar-refractivity contribution in [3.05, 3.63) is 48.2 Å². The van der Waals surface area contributed by atoms with Crippen LogP contribution in [0.5, 0.6) is 0 Å². The molecule has 2 aromatic rings. The van der Waals surface area contributed by atoms with Gasteiger partial charge in [0.05, 0.1) is 10.8 Å². The van der Waals surface area contributed by atoms with Crippen LogP contribution >= 0.6 is 23.5 Å². The van der Waals surface area contributed by atoms with E-state index in [0.717, 1.165) is 31.4 Å². The van der Waals surface area contributed by atoms with Crippen molar-refractivity contribution in [3.8, 4) is 0 Å². The molecule has 0 bridgehead atoms. The van der Waals surface area contributed by atoms with Gasteiger partial charge in [0.15, 0.2) is 0 Å². The molecule has 0 unspecified atom stereocenters. The molecule has 1 N–H and O–H groups in total. The normalized spacial score (nSPS) is 15.4. The summed E-state index contributed by atoms with van der Waals surface area (Å²) >= 11 is 3.01. The van der Waals surface area contributed by atoms with E-state index in [2.05, 4.69) is 41.5 Å². The van der Waals surface area contributed by atoms with Gasteiger partial charge >= 0.3 is 0 Å². The molecule has 0 saturated carbocycles. The van der Waals surface area contributed by atoms with Crippen molar-refractivity contribution in [2.45, 2.75) is 47.4 Å². The summed E-state index contributed by atoms with van der Waals surface area (Å²) < 4.78 is 27.2. The molecule has 1 saturated heterocycles. The Bertz CT molecular complexity index is 940. The number of aromatic nitrogens is 1. The van der Waals surface area contributed by atoms with Crippen molar-refractivity contribution in [2.75, 3.05) is 31.1 Å². The fraction of sp³-hybridized carbons (Fsp3) is 0.455. The highest BCUT2D eigenvalue weighted by Gasteiger charge is 2.25. The van der Waals surface area contributed by atoms with Crippen molar-refractivity contribution >= 4 is 39.5 Å². The lowest BCUT2D eigenvalue weighted by Crippen LogP contribution is -2.32. The van der Waals surface area contributed by atoms with E-state index in [1.807, 2.05) is 0 Å². The number of hydrogen-bond donors (Lipinski definition) is 1. The van der Waals surface area contributed by atoms with Crippen molar-refractivity contribution in [3.63, 3.8) is 0 Å². The molecule has 1 amide bonds. The van der Waals surface area contributed by atoms with Crippen molar-refractivity contribution < 1.29 is 13.2 Å². The second-order valence-corrected chi connectivity index (χ2v) is 11.6. The zero-order chi connectivity index (χ0) is 22.1. The van der Waals surface area contributed by atoms with Gasteiger partial charge in [0.2, 0.25) is 15.9 Å². The van der Waals surface area contributed by atoms with Crippen molar-refractivity contribution in [1.82, 2.24) is 14.6 Å². The van der Waals surface area contributed by atoms with Crippen LogP contribution in [0.25, 0.3) is 0 Å². The second kappa shape index (κ2) is 11.9. The number of nitrogens with one attached hydrogen (secondary N) is 1. The average Bonchev–Trinajstić information content (AvgIpc) is 3.07. The van der Waals surface area contributed by atoms with Crippen LogP contribution in [0.4, 0.5) is 0 Å². The van der Waals surface area contributed by atoms with E-state index in [1.165, 1.54) is 28.4 Å². The summed E-state index contributed by atoms with van der Waals surface area (Å²) in [6.45, 7) is 3.80. The molecule has 0 aliphatic carbocycles. The lowest BCUT2D eigenvalue weighted by Gasteiger charge is -2.19. The van der Waals surface area contributed by atoms with Crippen LogP contribution in [0.15, 0.2) is 57.4 Å². The Hall–Kier alpha value is -1.55. The van der Waals surface area contributed by atoms with E-state index in [0.29, 0.717) is 24.7 Å². The second-order valence-electron chi connectivity index (χ2n) is 7.45. The van der Waals surface area contributed by atoms with Gasteiger partial charge in [-0.25, -0.2) is 13.4 Å². The molecule has 31 heavy (non-hydrogen) atoms. The van der Waals surface area contributed by atoms with Crippen LogP contribution in [-0.2, 0) is 14.8 Å². The van der Waals surface area contributed by atoms with Gasteiger partial charge in [-0.1, -0.05) is 42.3 Å². The quantitative estimate of drug-likeness (QED) is 0.433. The van der Waals surface area contributed by atoms with Crippen LogP contribution in [0.2, 0.25) is 0 Å². The summed E-state index contributed by atoms with van der Waals surface area (Å²) in [6.07, 6.45) is 5.36. The molecule has 1 aliphatic rings. The Morgan fingerprint density at radius 2 is 1.74 bits per heavy atom. The number of sulfonamides is 1. The number of nitrogens with zero attached hydrogens (tertiary/aromatic N) is 2. The van der Waals surface area contributed by atoms with E-state index >= 15 is 0 Å². The number of benzene rings is 1. The first-order chi connectivity index (χ1) is 14.9. The van der Waals surface area contributed by atoms with E-state index in [9.17, 15) is 13.2 Å². The summed E-state index contributed by atoms with van der Waals surface area (Å²) in [7, 11) is -3.49. The minimum atomic E-state index is -3.49. The van der Waals surface area contributed by atoms with Crippen LogP contribution in [0.1, 0.15) is 31.2 Å². The van der Waals surface area contributed by atoms with Gasteiger partial charge in [0.1, 0.15) is 4.90 Å². The molecule has 1 aromatic carbocycles. The number of hydrogen-bond acceptors (Lipinski definition) is 6. The number of amides is 1. The van der Waals surface area contributed by atoms with Gasteiger partial charge in [0.25, 0.3) is 0 Å². The Morgan fingerprint density at radius 1 is 1.03 bits per heavy atom. The number of rotatable bonds is 9. The summed E-state index contributed by atoms with van der Waals surface area (Å²) in [5, 5.41) is 3.55. The van der Waals surface area contributed by atoms with Crippen LogP contribution < -0.4 is 5.32 Å². The third-order valence-corrected chi connectivity index (χ3v) is 8.82. The number of thioether (sulfide) groups is 2. The molecule has 1 aliphatic heterocycles. The number of carbonyl (C=O) groups excluding carboxylic acids is 1. The lowest BCUT2D eigenvalue weighted by atomic mass is 10.2. The number of carbonyl (C=O) groups is 1. The Kier molecular flexibility index (Phi) is 9.25. The molecule has 168 valence electrons. The van der Waals surface area contributed by atoms with Crippen LogP contribution in [0.3, 0.4) is 0 Å². The Balaban J connectivity index is 1.41. The molecule has 3 rings (SSSR count). The zero-order valence-electron chi connectivity index (χ0n) is 17.7. The largest absolute Gasteiger partial charge is 0.355 e. The first-order valence-electron chi connectivity index (χ1n) is 10.5. The van der Waals surface area contributed by atoms with E-state index in [1.54, 1.807) is 28.2 Å². The van der Waals surface area contributed by atoms with E-state index < -0.39 is 10.0 Å². The van der Waals surface area contributed by atoms with Gasteiger partial charge < -0.3 is 5.32 Å². The Labute approximate surface area is 193 Å². The van der Waals surface area contributed by atoms with Gasteiger partial charge in [-0.2, -0.15) is 4.31 Å². The highest BCUT2D eigenvalue weighted by molar-refractivity contribution is 8.00. The predicted molar refractivity (Wildman–Crippen MR) is 127 cm³/mol. The van der Waals surface area contributed by atoms with E-state index in [-0.39, 0.29) is 16.6 Å². The predicted octanol–water partition coefficient (Wildman–Crippen LogP) is 3.96. The molecule has 9 heteroatoms. The van der Waals surface area contributed by atoms with Gasteiger partial charge in [-0.05, 0) is 44.0 Å². The molecule has 6 nitrogen and oxygen atoms in total. The van der Waals surface area contributed by atoms with Gasteiger partial charge in [-0.3, -0.25) is 4.79 Å². The van der Waals surface area contributed by atoms with Crippen molar-refractivity contribution in [2.24, 2.45) is 0 Å². The minimum absolute atomic E-state index is 0.0578. The van der Waals surface area contributed by atoms with Crippen molar-refractivity contribution in [1.29, 1.82) is 0 Å². The highest BCUT2D eigenvalue weighted by Crippen LogP contribution is 2.22. The SMILES string of the molecule is Cc1ccc(SCCNC(=O)CSc2ccc(S(=O)(=O)N3CCCCCC3)cn2)cc1. The summed E-state index contributed by atoms with van der Waals surface area (Å²) in [6, 6.07) is 11.6. The molecule has 1 fully saturated rings. The topological polar surface area (TPSA) is 79.4 Å². The monoisotopic (exact) mass is 479 g/mol. The Morgan fingerprint density at radius 3 is 2.39 bits per heavy atom. The summed E-state index contributed by atoms with van der Waals surface area (Å²) in [4.78, 5) is 17.7. The maximum atomic E-state index is 12.8. The van der Waals surface area contributed by atoms with E-state index in [4.69, 9.17) is 0 Å². The van der Waals surface area contributed by atoms with Crippen LogP contribution in [0, 0.1) is 6.92 Å². The molecule has 1 aromatic heterocycles. The molecule has 0 radical (unpaired) electrons. The highest BCUT2D eigenvalue weighted by atomic mass is 32.2. The average molecular weight is 480 g/mol.